The lowest BCUT2D eigenvalue weighted by Crippen LogP contribution is -2.58. The highest BCUT2D eigenvalue weighted by molar-refractivity contribution is 7.14. The number of carbonyl (C=O) groups excluding carboxylic acids is 1. The van der Waals surface area contributed by atoms with E-state index < -0.39 is 5.60 Å². The molecule has 20 heavy (non-hydrogen) atoms. The minimum Gasteiger partial charge on any atom is -0.359 e. The molecule has 0 radical (unpaired) electrons. The molecule has 1 saturated heterocycles. The highest BCUT2D eigenvalue weighted by atomic mass is 32.1. The van der Waals surface area contributed by atoms with Crippen LogP contribution in [0.5, 0.6) is 0 Å². The highest BCUT2D eigenvalue weighted by Crippen LogP contribution is 2.42. The van der Waals surface area contributed by atoms with Crippen molar-refractivity contribution in [2.75, 3.05) is 13.2 Å². The maximum Gasteiger partial charge on any atom is 0.177 e. The number of thiazole rings is 1. The van der Waals surface area contributed by atoms with Crippen LogP contribution in [0, 0.1) is 0 Å². The van der Waals surface area contributed by atoms with Crippen LogP contribution in [0.3, 0.4) is 0 Å². The van der Waals surface area contributed by atoms with E-state index in [9.17, 15) is 4.79 Å². The van der Waals surface area contributed by atoms with Crippen LogP contribution in [-0.2, 0) is 15.1 Å². The van der Waals surface area contributed by atoms with E-state index in [2.05, 4.69) is 10.3 Å². The summed E-state index contributed by atoms with van der Waals surface area (Å²) in [5.74, 6) is 0.0271. The minimum atomic E-state index is -0.918. The van der Waals surface area contributed by atoms with Gasteiger partial charge in [0.05, 0.1) is 27.6 Å². The van der Waals surface area contributed by atoms with Crippen LogP contribution in [-0.4, -0.2) is 30.0 Å². The van der Waals surface area contributed by atoms with Gasteiger partial charge >= 0.3 is 0 Å². The Balaban J connectivity index is 2.14. The largest absolute Gasteiger partial charge is 0.359 e. The molecule has 1 aliphatic heterocycles. The second-order valence-electron chi connectivity index (χ2n) is 4.82. The lowest BCUT2D eigenvalue weighted by Gasteiger charge is -2.40. The number of thiophene rings is 1. The van der Waals surface area contributed by atoms with Gasteiger partial charge in [0, 0.05) is 12.6 Å². The van der Waals surface area contributed by atoms with E-state index in [0.29, 0.717) is 6.61 Å². The van der Waals surface area contributed by atoms with Gasteiger partial charge in [-0.2, -0.15) is 0 Å². The zero-order chi connectivity index (χ0) is 14.2. The summed E-state index contributed by atoms with van der Waals surface area (Å²) in [5, 5.41) is 5.37. The van der Waals surface area contributed by atoms with Crippen molar-refractivity contribution < 1.29 is 9.53 Å². The number of ether oxygens (including phenoxy) is 1. The van der Waals surface area contributed by atoms with Gasteiger partial charge in [-0.1, -0.05) is 6.07 Å². The SMILES string of the molecule is CC(=O)C1(c2scnc2-c2cccs2)OCCNC1C. The number of carbonyl (C=O) groups is 1. The first-order valence-corrected chi connectivity index (χ1v) is 8.28. The molecule has 2 aromatic heterocycles. The van der Waals surface area contributed by atoms with E-state index in [1.54, 1.807) is 23.8 Å². The Bertz CT molecular complexity index is 608. The maximum atomic E-state index is 12.4. The predicted molar refractivity (Wildman–Crippen MR) is 81.2 cm³/mol. The third kappa shape index (κ3) is 2.03. The third-order valence-corrected chi connectivity index (χ3v) is 5.49. The molecule has 2 aromatic rings. The highest BCUT2D eigenvalue weighted by Gasteiger charge is 2.48. The van der Waals surface area contributed by atoms with Gasteiger partial charge in [0.1, 0.15) is 0 Å². The Labute approximate surface area is 125 Å². The van der Waals surface area contributed by atoms with Crippen LogP contribution < -0.4 is 5.32 Å². The summed E-state index contributed by atoms with van der Waals surface area (Å²) in [5.41, 5.74) is 1.74. The van der Waals surface area contributed by atoms with E-state index >= 15 is 0 Å². The summed E-state index contributed by atoms with van der Waals surface area (Å²) in [6.07, 6.45) is 0. The number of aromatic nitrogens is 1. The molecule has 0 aliphatic carbocycles. The van der Waals surface area contributed by atoms with Gasteiger partial charge in [0.2, 0.25) is 0 Å². The smallest absolute Gasteiger partial charge is 0.177 e. The normalized spacial score (nSPS) is 26.6. The first-order chi connectivity index (χ1) is 9.66. The van der Waals surface area contributed by atoms with Crippen LogP contribution in [0.1, 0.15) is 18.7 Å². The fraction of sp³-hybridized carbons (Fsp3) is 0.429. The molecule has 106 valence electrons. The number of nitrogens with zero attached hydrogens (tertiary/aromatic N) is 1. The summed E-state index contributed by atoms with van der Waals surface area (Å²) in [6.45, 7) is 4.90. The van der Waals surface area contributed by atoms with E-state index in [-0.39, 0.29) is 11.8 Å². The van der Waals surface area contributed by atoms with Gasteiger partial charge in [-0.3, -0.25) is 4.79 Å². The molecule has 0 aromatic carbocycles. The van der Waals surface area contributed by atoms with Crippen molar-refractivity contribution in [3.63, 3.8) is 0 Å². The van der Waals surface area contributed by atoms with Crippen LogP contribution in [0.4, 0.5) is 0 Å². The van der Waals surface area contributed by atoms with Gasteiger partial charge in [0.25, 0.3) is 0 Å². The Morgan fingerprint density at radius 2 is 2.40 bits per heavy atom. The van der Waals surface area contributed by atoms with Crippen molar-refractivity contribution >= 4 is 28.5 Å². The molecular weight excluding hydrogens is 292 g/mol. The van der Waals surface area contributed by atoms with Crippen molar-refractivity contribution in [2.24, 2.45) is 0 Å². The van der Waals surface area contributed by atoms with Gasteiger partial charge in [0.15, 0.2) is 11.4 Å². The van der Waals surface area contributed by atoms with Gasteiger partial charge < -0.3 is 10.1 Å². The Morgan fingerprint density at radius 1 is 1.55 bits per heavy atom. The molecule has 1 N–H and O–H groups in total. The third-order valence-electron chi connectivity index (χ3n) is 3.67. The second-order valence-corrected chi connectivity index (χ2v) is 6.63. The van der Waals surface area contributed by atoms with Crippen molar-refractivity contribution in [1.29, 1.82) is 0 Å². The zero-order valence-corrected chi connectivity index (χ0v) is 13.0. The minimum absolute atomic E-state index is 0.0271. The van der Waals surface area contributed by atoms with E-state index in [4.69, 9.17) is 4.74 Å². The topological polar surface area (TPSA) is 51.2 Å². The number of nitrogens with one attached hydrogen (secondary N) is 1. The van der Waals surface area contributed by atoms with Crippen molar-refractivity contribution in [2.45, 2.75) is 25.5 Å². The number of rotatable bonds is 3. The predicted octanol–water partition coefficient (Wildman–Crippen LogP) is 2.66. The average molecular weight is 308 g/mol. The summed E-state index contributed by atoms with van der Waals surface area (Å²) in [7, 11) is 0. The van der Waals surface area contributed by atoms with Gasteiger partial charge in [-0.05, 0) is 25.3 Å². The van der Waals surface area contributed by atoms with E-state index in [1.165, 1.54) is 11.3 Å². The molecule has 4 nitrogen and oxygen atoms in total. The lowest BCUT2D eigenvalue weighted by molar-refractivity contribution is -0.153. The van der Waals surface area contributed by atoms with Crippen molar-refractivity contribution in [3.05, 3.63) is 27.9 Å². The molecule has 1 aliphatic rings. The Morgan fingerprint density at radius 3 is 3.05 bits per heavy atom. The first kappa shape index (κ1) is 13.9. The van der Waals surface area contributed by atoms with Crippen LogP contribution in [0.25, 0.3) is 10.6 Å². The monoisotopic (exact) mass is 308 g/mol. The van der Waals surface area contributed by atoms with Crippen LogP contribution in [0.2, 0.25) is 0 Å². The Kier molecular flexibility index (Phi) is 3.72. The maximum absolute atomic E-state index is 12.4. The molecule has 3 heterocycles. The average Bonchev–Trinajstić information content (AvgIpc) is 3.09. The first-order valence-electron chi connectivity index (χ1n) is 6.52. The number of hydrogen-bond acceptors (Lipinski definition) is 6. The zero-order valence-electron chi connectivity index (χ0n) is 11.4. The standard InChI is InChI=1S/C14H16N2O2S2/c1-9-14(10(2)17,18-6-5-15-9)13-12(16-8-20-13)11-4-3-7-19-11/h3-4,7-9,15H,5-6H2,1-2H3. The summed E-state index contributed by atoms with van der Waals surface area (Å²) < 4.78 is 5.99. The molecule has 1 fully saturated rings. The van der Waals surface area contributed by atoms with Crippen LogP contribution >= 0.6 is 22.7 Å². The number of Topliss-reactive ketones (excluding diaryl/α,β-unsaturated/α-hetero) is 1. The van der Waals surface area contributed by atoms with Crippen molar-refractivity contribution in [3.8, 4) is 10.6 Å². The lowest BCUT2D eigenvalue weighted by atomic mass is 9.86. The van der Waals surface area contributed by atoms with Crippen molar-refractivity contribution in [1.82, 2.24) is 10.3 Å². The number of morpholine rings is 1. The van der Waals surface area contributed by atoms with Gasteiger partial charge in [-0.15, -0.1) is 22.7 Å². The molecule has 0 amide bonds. The fourth-order valence-electron chi connectivity index (χ4n) is 2.68. The molecule has 2 atom stereocenters. The molecule has 0 spiro atoms. The summed E-state index contributed by atoms with van der Waals surface area (Å²) in [4.78, 5) is 18.8. The molecule has 0 saturated carbocycles. The molecule has 0 bridgehead atoms. The second kappa shape index (κ2) is 5.37. The van der Waals surface area contributed by atoms with Gasteiger partial charge in [-0.25, -0.2) is 4.98 Å². The number of hydrogen-bond donors (Lipinski definition) is 1. The molecule has 6 heteroatoms. The summed E-state index contributed by atoms with van der Waals surface area (Å²) >= 11 is 3.12. The quantitative estimate of drug-likeness (QED) is 0.947. The molecular formula is C14H16N2O2S2. The molecule has 3 rings (SSSR count). The molecule has 2 unspecified atom stereocenters. The van der Waals surface area contributed by atoms with E-state index in [0.717, 1.165) is 22.0 Å². The van der Waals surface area contributed by atoms with Crippen LogP contribution in [0.15, 0.2) is 23.0 Å². The van der Waals surface area contributed by atoms with E-state index in [1.807, 2.05) is 24.4 Å². The number of ketones is 1. The summed E-state index contributed by atoms with van der Waals surface area (Å²) in [6, 6.07) is 3.96. The fourth-order valence-corrected chi connectivity index (χ4v) is 4.57. The Hall–Kier alpha value is -1.08.